The number of carbonyl (C=O) groups is 2. The Labute approximate surface area is 203 Å². The topological polar surface area (TPSA) is 58.6 Å². The van der Waals surface area contributed by atoms with Gasteiger partial charge in [0.05, 0.1) is 5.56 Å². The van der Waals surface area contributed by atoms with Crippen molar-refractivity contribution in [2.24, 2.45) is 0 Å². The van der Waals surface area contributed by atoms with E-state index in [9.17, 15) is 27.2 Å². The van der Waals surface area contributed by atoms with Gasteiger partial charge in [-0.15, -0.1) is 0 Å². The molecule has 2 atom stereocenters. The number of halogens is 5. The number of ether oxygens (including phenoxy) is 1. The zero-order valence-corrected chi connectivity index (χ0v) is 20.5. The van der Waals surface area contributed by atoms with E-state index in [0.717, 1.165) is 12.1 Å². The minimum absolute atomic E-state index is 0.127. The Morgan fingerprint density at radius 3 is 2.32 bits per heavy atom. The van der Waals surface area contributed by atoms with Crippen LogP contribution in [0, 0.1) is 5.82 Å². The number of nitrogens with zero attached hydrogens (tertiary/aromatic N) is 1. The van der Waals surface area contributed by atoms with Crippen LogP contribution in [-0.2, 0) is 10.9 Å². The molecule has 1 aliphatic heterocycles. The molecule has 1 fully saturated rings. The number of amides is 2. The second kappa shape index (κ2) is 9.93. The highest BCUT2D eigenvalue weighted by atomic mass is 79.9. The van der Waals surface area contributed by atoms with Crippen LogP contribution in [-0.4, -0.2) is 41.6 Å². The van der Waals surface area contributed by atoms with Crippen LogP contribution < -0.4 is 5.32 Å². The number of piperidine rings is 1. The van der Waals surface area contributed by atoms with E-state index < -0.39 is 47.1 Å². The lowest BCUT2D eigenvalue weighted by Gasteiger charge is -2.39. The summed E-state index contributed by atoms with van der Waals surface area (Å²) in [6.07, 6.45) is -4.77. The molecule has 184 valence electrons. The number of carbonyl (C=O) groups excluding carboxylic acids is 2. The second-order valence-corrected chi connectivity index (χ2v) is 10.1. The van der Waals surface area contributed by atoms with Crippen molar-refractivity contribution in [3.8, 4) is 0 Å². The fourth-order valence-electron chi connectivity index (χ4n) is 3.80. The van der Waals surface area contributed by atoms with Gasteiger partial charge in [0, 0.05) is 35.1 Å². The molecule has 0 aliphatic carbocycles. The summed E-state index contributed by atoms with van der Waals surface area (Å²) in [6, 6.07) is 8.21. The van der Waals surface area contributed by atoms with E-state index >= 15 is 0 Å². The van der Waals surface area contributed by atoms with E-state index in [1.807, 2.05) is 0 Å². The number of nitrogens with one attached hydrogen (secondary N) is 1. The fourth-order valence-corrected chi connectivity index (χ4v) is 4.29. The third-order valence-corrected chi connectivity index (χ3v) is 5.82. The molecule has 2 aromatic rings. The van der Waals surface area contributed by atoms with Gasteiger partial charge >= 0.3 is 12.3 Å². The molecule has 0 radical (unpaired) electrons. The van der Waals surface area contributed by atoms with Crippen molar-refractivity contribution in [1.29, 1.82) is 0 Å². The van der Waals surface area contributed by atoms with Crippen LogP contribution in [0.4, 0.5) is 22.4 Å². The van der Waals surface area contributed by atoms with Crippen molar-refractivity contribution in [1.82, 2.24) is 10.2 Å². The molecular formula is C24H25BrF4N2O3. The van der Waals surface area contributed by atoms with Gasteiger partial charge in [-0.3, -0.25) is 4.79 Å². The van der Waals surface area contributed by atoms with Gasteiger partial charge in [0.1, 0.15) is 11.4 Å². The molecule has 1 aliphatic rings. The lowest BCUT2D eigenvalue weighted by molar-refractivity contribution is -0.137. The van der Waals surface area contributed by atoms with Crippen LogP contribution in [0.2, 0.25) is 0 Å². The Morgan fingerprint density at radius 2 is 1.74 bits per heavy atom. The van der Waals surface area contributed by atoms with E-state index in [4.69, 9.17) is 4.74 Å². The Morgan fingerprint density at radius 1 is 1.09 bits per heavy atom. The summed E-state index contributed by atoms with van der Waals surface area (Å²) in [5, 5.41) is 2.81. The third kappa shape index (κ3) is 6.71. The predicted octanol–water partition coefficient (Wildman–Crippen LogP) is 6.13. The van der Waals surface area contributed by atoms with Crippen molar-refractivity contribution in [3.63, 3.8) is 0 Å². The summed E-state index contributed by atoms with van der Waals surface area (Å²) in [6.45, 7) is 5.73. The van der Waals surface area contributed by atoms with Crippen LogP contribution in [0.1, 0.15) is 54.6 Å². The summed E-state index contributed by atoms with van der Waals surface area (Å²) >= 11 is 3.03. The van der Waals surface area contributed by atoms with Crippen molar-refractivity contribution in [2.75, 3.05) is 13.1 Å². The van der Waals surface area contributed by atoms with Gasteiger partial charge in [-0.05, 0) is 63.1 Å². The van der Waals surface area contributed by atoms with E-state index in [1.54, 1.807) is 32.9 Å². The van der Waals surface area contributed by atoms with Crippen molar-refractivity contribution in [3.05, 3.63) is 69.4 Å². The van der Waals surface area contributed by atoms with Crippen molar-refractivity contribution < 1.29 is 31.9 Å². The summed E-state index contributed by atoms with van der Waals surface area (Å²) in [7, 11) is 0. The second-order valence-electron chi connectivity index (χ2n) is 9.18. The summed E-state index contributed by atoms with van der Waals surface area (Å²) < 4.78 is 58.6. The number of alkyl halides is 3. The number of rotatable bonds is 3. The molecule has 1 heterocycles. The first-order chi connectivity index (χ1) is 15.7. The maximum absolute atomic E-state index is 13.5. The van der Waals surface area contributed by atoms with Gasteiger partial charge in [-0.2, -0.15) is 13.2 Å². The molecule has 0 spiro atoms. The Hall–Kier alpha value is -2.62. The monoisotopic (exact) mass is 544 g/mol. The van der Waals surface area contributed by atoms with E-state index in [1.165, 1.54) is 23.1 Å². The number of hydrogen-bond donors (Lipinski definition) is 1. The smallest absolute Gasteiger partial charge is 0.416 e. The first kappa shape index (κ1) is 26.0. The fraction of sp³-hybridized carbons (Fsp3) is 0.417. The first-order valence-corrected chi connectivity index (χ1v) is 11.4. The van der Waals surface area contributed by atoms with Crippen molar-refractivity contribution >= 4 is 27.9 Å². The normalized spacial score (nSPS) is 19.0. The molecular weight excluding hydrogens is 520 g/mol. The molecule has 0 bridgehead atoms. The molecule has 0 aromatic heterocycles. The number of hydrogen-bond acceptors (Lipinski definition) is 3. The third-order valence-electron chi connectivity index (χ3n) is 5.37. The Balaban J connectivity index is 1.85. The molecule has 2 aromatic carbocycles. The highest BCUT2D eigenvalue weighted by Crippen LogP contribution is 2.33. The SMILES string of the molecule is CC(C)(C)OC(=O)N1CCC(NC(=O)c2cc(Br)cc(C(F)(F)F)c2)[C@H](c2ccc(F)cc2)C1. The van der Waals surface area contributed by atoms with Crippen LogP contribution in [0.5, 0.6) is 0 Å². The van der Waals surface area contributed by atoms with E-state index in [-0.39, 0.29) is 23.1 Å². The summed E-state index contributed by atoms with van der Waals surface area (Å²) in [4.78, 5) is 27.0. The lowest BCUT2D eigenvalue weighted by Crippen LogP contribution is -2.52. The number of benzene rings is 2. The van der Waals surface area contributed by atoms with E-state index in [2.05, 4.69) is 21.2 Å². The van der Waals surface area contributed by atoms with Crippen LogP contribution in [0.15, 0.2) is 46.9 Å². The van der Waals surface area contributed by atoms with Gasteiger partial charge in [-0.1, -0.05) is 28.1 Å². The van der Waals surface area contributed by atoms with Gasteiger partial charge < -0.3 is 15.0 Å². The van der Waals surface area contributed by atoms with E-state index in [0.29, 0.717) is 12.0 Å². The zero-order chi connectivity index (χ0) is 25.3. The molecule has 0 saturated carbocycles. The Kier molecular flexibility index (Phi) is 7.59. The molecule has 34 heavy (non-hydrogen) atoms. The van der Waals surface area contributed by atoms with Crippen LogP contribution in [0.25, 0.3) is 0 Å². The quantitative estimate of drug-likeness (QED) is 0.473. The van der Waals surface area contributed by atoms with Crippen molar-refractivity contribution in [2.45, 2.75) is 50.9 Å². The lowest BCUT2D eigenvalue weighted by atomic mass is 9.85. The average molecular weight is 545 g/mol. The van der Waals surface area contributed by atoms with Gasteiger partial charge in [0.2, 0.25) is 0 Å². The highest BCUT2D eigenvalue weighted by molar-refractivity contribution is 9.10. The molecule has 1 N–H and O–H groups in total. The molecule has 5 nitrogen and oxygen atoms in total. The van der Waals surface area contributed by atoms with Gasteiger partial charge in [-0.25, -0.2) is 9.18 Å². The predicted molar refractivity (Wildman–Crippen MR) is 122 cm³/mol. The minimum atomic E-state index is -4.60. The summed E-state index contributed by atoms with van der Waals surface area (Å²) in [5.74, 6) is -1.52. The maximum atomic E-state index is 13.5. The zero-order valence-electron chi connectivity index (χ0n) is 18.9. The largest absolute Gasteiger partial charge is 0.444 e. The minimum Gasteiger partial charge on any atom is -0.444 e. The molecule has 2 amide bonds. The molecule has 10 heteroatoms. The van der Waals surface area contributed by atoms with Gasteiger partial charge in [0.15, 0.2) is 0 Å². The summed E-state index contributed by atoms with van der Waals surface area (Å²) in [5.41, 5.74) is -1.09. The average Bonchev–Trinajstić information content (AvgIpc) is 2.72. The van der Waals surface area contributed by atoms with Gasteiger partial charge in [0.25, 0.3) is 5.91 Å². The molecule has 1 unspecified atom stereocenters. The highest BCUT2D eigenvalue weighted by Gasteiger charge is 2.36. The van der Waals surface area contributed by atoms with Crippen LogP contribution >= 0.6 is 15.9 Å². The first-order valence-electron chi connectivity index (χ1n) is 10.6. The maximum Gasteiger partial charge on any atom is 0.416 e. The Bertz CT molecular complexity index is 1050. The van der Waals surface area contributed by atoms with Crippen LogP contribution in [0.3, 0.4) is 0 Å². The number of likely N-dealkylation sites (tertiary alicyclic amines) is 1. The molecule has 1 saturated heterocycles. The molecule has 3 rings (SSSR count). The standard InChI is InChI=1S/C24H25BrF4N2O3/c1-23(2,3)34-22(33)31-9-8-20(19(13-31)14-4-6-18(26)7-5-14)30-21(32)15-10-16(24(27,28)29)12-17(25)11-15/h4-7,10-12,19-20H,8-9,13H2,1-3H3,(H,30,32)/t19-,20?/m0/s1.